The fourth-order valence-corrected chi connectivity index (χ4v) is 4.19. The van der Waals surface area contributed by atoms with E-state index in [1.54, 1.807) is 10.4 Å². The molecule has 0 N–H and O–H groups in total. The molecule has 1 aliphatic rings. The summed E-state index contributed by atoms with van der Waals surface area (Å²) in [5.74, 6) is 0.499. The average molecular weight is 311 g/mol. The number of hydrogen-bond donors (Lipinski definition) is 0. The van der Waals surface area contributed by atoms with E-state index in [4.69, 9.17) is 4.74 Å². The van der Waals surface area contributed by atoms with Gasteiger partial charge in [0.1, 0.15) is 10.6 Å². The minimum atomic E-state index is -3.44. The molecule has 2 rings (SSSR count). The van der Waals surface area contributed by atoms with E-state index in [2.05, 4.69) is 6.92 Å². The van der Waals surface area contributed by atoms with E-state index in [1.165, 1.54) is 0 Å². The maximum Gasteiger partial charge on any atom is 0.246 e. The maximum atomic E-state index is 12.8. The van der Waals surface area contributed by atoms with Crippen molar-refractivity contribution in [3.63, 3.8) is 0 Å². The average Bonchev–Trinajstić information content (AvgIpc) is 2.97. The van der Waals surface area contributed by atoms with Gasteiger partial charge >= 0.3 is 0 Å². The van der Waals surface area contributed by atoms with Crippen molar-refractivity contribution in [3.05, 3.63) is 23.3 Å². The molecule has 0 bridgehead atoms. The standard InChI is InChI=1S/C16H25NO3S/c1-4-5-10-20-15-11-13(2)14(3)12-16(15)21(18,19)17-8-6-7-9-17/h11-12H,4-10H2,1-3H3. The quantitative estimate of drug-likeness (QED) is 0.758. The van der Waals surface area contributed by atoms with Gasteiger partial charge in [0.05, 0.1) is 6.61 Å². The van der Waals surface area contributed by atoms with E-state index in [0.29, 0.717) is 30.3 Å². The highest BCUT2D eigenvalue weighted by molar-refractivity contribution is 7.89. The van der Waals surface area contributed by atoms with Gasteiger partial charge in [0.25, 0.3) is 0 Å². The summed E-state index contributed by atoms with van der Waals surface area (Å²) in [6, 6.07) is 3.61. The summed E-state index contributed by atoms with van der Waals surface area (Å²) in [6.45, 7) is 7.79. The van der Waals surface area contributed by atoms with Gasteiger partial charge in [-0.05, 0) is 56.4 Å². The van der Waals surface area contributed by atoms with Crippen LogP contribution in [-0.2, 0) is 10.0 Å². The Kier molecular flexibility index (Phi) is 5.27. The minimum Gasteiger partial charge on any atom is -0.492 e. The lowest BCUT2D eigenvalue weighted by atomic mass is 10.1. The molecule has 0 amide bonds. The molecule has 0 spiro atoms. The molecule has 1 fully saturated rings. The van der Waals surface area contributed by atoms with Crippen molar-refractivity contribution in [3.8, 4) is 5.75 Å². The van der Waals surface area contributed by atoms with Crippen LogP contribution in [0.25, 0.3) is 0 Å². The zero-order valence-electron chi connectivity index (χ0n) is 13.2. The summed E-state index contributed by atoms with van der Waals surface area (Å²) in [5, 5.41) is 0. The predicted molar refractivity (Wildman–Crippen MR) is 84.3 cm³/mol. The first-order valence-electron chi connectivity index (χ1n) is 7.71. The summed E-state index contributed by atoms with van der Waals surface area (Å²) in [7, 11) is -3.44. The fraction of sp³-hybridized carbons (Fsp3) is 0.625. The molecule has 0 aromatic heterocycles. The number of unbranched alkanes of at least 4 members (excludes halogenated alkanes) is 1. The van der Waals surface area contributed by atoms with Crippen molar-refractivity contribution in [1.29, 1.82) is 0 Å². The van der Waals surface area contributed by atoms with Gasteiger partial charge < -0.3 is 4.74 Å². The predicted octanol–water partition coefficient (Wildman–Crippen LogP) is 3.27. The molecule has 4 nitrogen and oxygen atoms in total. The largest absolute Gasteiger partial charge is 0.492 e. The second kappa shape index (κ2) is 6.79. The van der Waals surface area contributed by atoms with E-state index in [-0.39, 0.29) is 0 Å². The van der Waals surface area contributed by atoms with E-state index in [9.17, 15) is 8.42 Å². The number of ether oxygens (including phenoxy) is 1. The van der Waals surface area contributed by atoms with Gasteiger partial charge in [-0.1, -0.05) is 13.3 Å². The topological polar surface area (TPSA) is 46.6 Å². The molecular weight excluding hydrogens is 286 g/mol. The van der Waals surface area contributed by atoms with Gasteiger partial charge in [-0.2, -0.15) is 4.31 Å². The van der Waals surface area contributed by atoms with Crippen molar-refractivity contribution < 1.29 is 13.2 Å². The van der Waals surface area contributed by atoms with Crippen molar-refractivity contribution in [2.45, 2.75) is 51.3 Å². The molecule has 5 heteroatoms. The van der Waals surface area contributed by atoms with Crippen molar-refractivity contribution in [2.75, 3.05) is 19.7 Å². The van der Waals surface area contributed by atoms with Gasteiger partial charge in [-0.15, -0.1) is 0 Å². The highest BCUT2D eigenvalue weighted by Crippen LogP contribution is 2.31. The van der Waals surface area contributed by atoms with Crippen LogP contribution in [0.4, 0.5) is 0 Å². The molecule has 0 atom stereocenters. The van der Waals surface area contributed by atoms with Gasteiger partial charge in [0, 0.05) is 13.1 Å². The van der Waals surface area contributed by atoms with Crippen LogP contribution in [0.5, 0.6) is 5.75 Å². The summed E-state index contributed by atoms with van der Waals surface area (Å²) < 4.78 is 32.9. The van der Waals surface area contributed by atoms with Crippen LogP contribution in [0.2, 0.25) is 0 Å². The van der Waals surface area contributed by atoms with Crippen LogP contribution in [0.15, 0.2) is 17.0 Å². The molecule has 21 heavy (non-hydrogen) atoms. The van der Waals surface area contributed by atoms with Crippen LogP contribution in [0.3, 0.4) is 0 Å². The fourth-order valence-electron chi connectivity index (χ4n) is 2.47. The van der Waals surface area contributed by atoms with Crippen LogP contribution in [0, 0.1) is 13.8 Å². The lowest BCUT2D eigenvalue weighted by molar-refractivity contribution is 0.300. The highest BCUT2D eigenvalue weighted by atomic mass is 32.2. The number of rotatable bonds is 6. The third-order valence-electron chi connectivity index (χ3n) is 4.00. The Balaban J connectivity index is 2.37. The first-order chi connectivity index (χ1) is 9.96. The monoisotopic (exact) mass is 311 g/mol. The van der Waals surface area contributed by atoms with Crippen molar-refractivity contribution in [1.82, 2.24) is 4.31 Å². The Hall–Kier alpha value is -1.07. The molecule has 1 aromatic carbocycles. The normalized spacial score (nSPS) is 16.3. The Morgan fingerprint density at radius 1 is 1.14 bits per heavy atom. The molecule has 1 saturated heterocycles. The van der Waals surface area contributed by atoms with Crippen molar-refractivity contribution in [2.24, 2.45) is 0 Å². The molecule has 1 aromatic rings. The maximum absolute atomic E-state index is 12.8. The Bertz CT molecular complexity index is 590. The molecule has 0 saturated carbocycles. The first kappa shape index (κ1) is 16.3. The van der Waals surface area contributed by atoms with E-state index in [0.717, 1.165) is 36.8 Å². The Labute approximate surface area is 128 Å². The van der Waals surface area contributed by atoms with Crippen LogP contribution in [0.1, 0.15) is 43.7 Å². The van der Waals surface area contributed by atoms with Crippen LogP contribution in [-0.4, -0.2) is 32.4 Å². The number of sulfonamides is 1. The molecule has 0 unspecified atom stereocenters. The lowest BCUT2D eigenvalue weighted by Gasteiger charge is -2.19. The van der Waals surface area contributed by atoms with Crippen molar-refractivity contribution >= 4 is 10.0 Å². The van der Waals surface area contributed by atoms with E-state index >= 15 is 0 Å². The summed E-state index contributed by atoms with van der Waals surface area (Å²) in [5.41, 5.74) is 2.04. The van der Waals surface area contributed by atoms with Crippen LogP contribution >= 0.6 is 0 Å². The first-order valence-corrected chi connectivity index (χ1v) is 9.15. The number of benzene rings is 1. The second-order valence-electron chi connectivity index (χ2n) is 5.70. The van der Waals surface area contributed by atoms with E-state index in [1.807, 2.05) is 19.9 Å². The summed E-state index contributed by atoms with van der Waals surface area (Å²) in [6.07, 6.45) is 3.83. The van der Waals surface area contributed by atoms with Gasteiger partial charge in [-0.3, -0.25) is 0 Å². The molecule has 0 radical (unpaired) electrons. The lowest BCUT2D eigenvalue weighted by Crippen LogP contribution is -2.28. The third-order valence-corrected chi connectivity index (χ3v) is 5.92. The number of aryl methyl sites for hydroxylation is 2. The molecule has 118 valence electrons. The highest BCUT2D eigenvalue weighted by Gasteiger charge is 2.30. The van der Waals surface area contributed by atoms with Gasteiger partial charge in [0.15, 0.2) is 0 Å². The molecule has 1 aliphatic heterocycles. The molecular formula is C16H25NO3S. The smallest absolute Gasteiger partial charge is 0.246 e. The summed E-state index contributed by atoms with van der Waals surface area (Å²) in [4.78, 5) is 0.323. The molecule has 1 heterocycles. The van der Waals surface area contributed by atoms with E-state index < -0.39 is 10.0 Å². The number of nitrogens with zero attached hydrogens (tertiary/aromatic N) is 1. The minimum absolute atomic E-state index is 0.323. The molecule has 0 aliphatic carbocycles. The van der Waals surface area contributed by atoms with Crippen LogP contribution < -0.4 is 4.74 Å². The zero-order valence-corrected chi connectivity index (χ0v) is 14.0. The SMILES string of the molecule is CCCCOc1cc(C)c(C)cc1S(=O)(=O)N1CCCC1. The zero-order chi connectivity index (χ0) is 15.5. The number of hydrogen-bond acceptors (Lipinski definition) is 3. The summed E-state index contributed by atoms with van der Waals surface area (Å²) >= 11 is 0. The van der Waals surface area contributed by atoms with Gasteiger partial charge in [-0.25, -0.2) is 8.42 Å². The Morgan fingerprint density at radius 3 is 2.38 bits per heavy atom. The van der Waals surface area contributed by atoms with Gasteiger partial charge in [0.2, 0.25) is 10.0 Å². The second-order valence-corrected chi connectivity index (χ2v) is 7.60. The third kappa shape index (κ3) is 3.58. The Morgan fingerprint density at radius 2 is 1.76 bits per heavy atom.